The van der Waals surface area contributed by atoms with Crippen molar-refractivity contribution in [2.45, 2.75) is 51.6 Å². The highest BCUT2D eigenvalue weighted by atomic mass is 15.2. The Bertz CT molecular complexity index is 195. The van der Waals surface area contributed by atoms with E-state index >= 15 is 0 Å². The Morgan fingerprint density at radius 1 is 1.20 bits per heavy atom. The summed E-state index contributed by atoms with van der Waals surface area (Å²) in [6.45, 7) is 7.20. The number of nitrogens with one attached hydrogen (secondary N) is 1. The van der Waals surface area contributed by atoms with Crippen molar-refractivity contribution in [1.29, 1.82) is 0 Å². The predicted molar refractivity (Wildman–Crippen MR) is 65.0 cm³/mol. The fraction of sp³-hybridized carbons (Fsp3) is 1.00. The average Bonchev–Trinajstić information content (AvgIpc) is 2.96. The minimum atomic E-state index is 0.728. The summed E-state index contributed by atoms with van der Waals surface area (Å²) >= 11 is 0. The summed E-state index contributed by atoms with van der Waals surface area (Å²) in [6, 6.07) is 1.58. The van der Waals surface area contributed by atoms with Gasteiger partial charge < -0.3 is 10.2 Å². The van der Waals surface area contributed by atoms with E-state index in [2.05, 4.69) is 31.1 Å². The molecule has 1 unspecified atom stereocenters. The van der Waals surface area contributed by atoms with E-state index in [1.165, 1.54) is 38.8 Å². The SMILES string of the molecule is CC(C)C(CNC1CC1)N(C)CC1CC1. The molecule has 0 bridgehead atoms. The Morgan fingerprint density at radius 2 is 1.87 bits per heavy atom. The van der Waals surface area contributed by atoms with Gasteiger partial charge in [-0.05, 0) is 44.6 Å². The molecule has 2 rings (SSSR count). The first-order chi connectivity index (χ1) is 7.16. The van der Waals surface area contributed by atoms with Gasteiger partial charge in [0.25, 0.3) is 0 Å². The van der Waals surface area contributed by atoms with Gasteiger partial charge in [0.2, 0.25) is 0 Å². The van der Waals surface area contributed by atoms with Gasteiger partial charge in [-0.15, -0.1) is 0 Å². The van der Waals surface area contributed by atoms with Crippen molar-refractivity contribution in [2.24, 2.45) is 11.8 Å². The second-order valence-electron chi connectivity index (χ2n) is 5.88. The summed E-state index contributed by atoms with van der Waals surface area (Å²) < 4.78 is 0. The maximum atomic E-state index is 3.67. The standard InChI is InChI=1S/C13H26N2/c1-10(2)13(8-14-12-6-7-12)15(3)9-11-4-5-11/h10-14H,4-9H2,1-3H3. The molecule has 0 aromatic carbocycles. The van der Waals surface area contributed by atoms with Crippen molar-refractivity contribution in [2.75, 3.05) is 20.1 Å². The highest BCUT2D eigenvalue weighted by Gasteiger charge is 2.28. The van der Waals surface area contributed by atoms with Crippen molar-refractivity contribution in [1.82, 2.24) is 10.2 Å². The second-order valence-corrected chi connectivity index (χ2v) is 5.88. The molecule has 2 aliphatic rings. The van der Waals surface area contributed by atoms with Crippen LogP contribution in [0.5, 0.6) is 0 Å². The van der Waals surface area contributed by atoms with E-state index in [9.17, 15) is 0 Å². The molecule has 0 aromatic heterocycles. The smallest absolute Gasteiger partial charge is 0.0240 e. The molecule has 0 spiro atoms. The van der Waals surface area contributed by atoms with Gasteiger partial charge in [0.1, 0.15) is 0 Å². The van der Waals surface area contributed by atoms with E-state index in [0.717, 1.165) is 23.9 Å². The van der Waals surface area contributed by atoms with Crippen LogP contribution in [0.15, 0.2) is 0 Å². The quantitative estimate of drug-likeness (QED) is 0.692. The van der Waals surface area contributed by atoms with Crippen LogP contribution in [0.1, 0.15) is 39.5 Å². The van der Waals surface area contributed by atoms with Crippen molar-refractivity contribution >= 4 is 0 Å². The first kappa shape index (κ1) is 11.4. The lowest BCUT2D eigenvalue weighted by Gasteiger charge is -2.31. The van der Waals surface area contributed by atoms with E-state index in [4.69, 9.17) is 0 Å². The number of hydrogen-bond acceptors (Lipinski definition) is 2. The van der Waals surface area contributed by atoms with Gasteiger partial charge in [0.15, 0.2) is 0 Å². The van der Waals surface area contributed by atoms with Crippen LogP contribution in [0.2, 0.25) is 0 Å². The monoisotopic (exact) mass is 210 g/mol. The van der Waals surface area contributed by atoms with Crippen molar-refractivity contribution < 1.29 is 0 Å². The molecule has 1 atom stereocenters. The van der Waals surface area contributed by atoms with Crippen LogP contribution in [0.4, 0.5) is 0 Å². The van der Waals surface area contributed by atoms with Crippen LogP contribution in [0.3, 0.4) is 0 Å². The van der Waals surface area contributed by atoms with Gasteiger partial charge in [0, 0.05) is 25.2 Å². The molecule has 88 valence electrons. The highest BCUT2D eigenvalue weighted by Crippen LogP contribution is 2.30. The minimum absolute atomic E-state index is 0.728. The van der Waals surface area contributed by atoms with Gasteiger partial charge in [0.05, 0.1) is 0 Å². The van der Waals surface area contributed by atoms with Crippen LogP contribution in [-0.2, 0) is 0 Å². The summed E-state index contributed by atoms with van der Waals surface area (Å²) in [7, 11) is 2.30. The van der Waals surface area contributed by atoms with Crippen molar-refractivity contribution in [3.8, 4) is 0 Å². The zero-order valence-corrected chi connectivity index (χ0v) is 10.5. The summed E-state index contributed by atoms with van der Waals surface area (Å²) in [4.78, 5) is 2.58. The molecule has 0 amide bonds. The van der Waals surface area contributed by atoms with Gasteiger partial charge in [-0.3, -0.25) is 0 Å². The van der Waals surface area contributed by atoms with Crippen LogP contribution >= 0.6 is 0 Å². The fourth-order valence-electron chi connectivity index (χ4n) is 2.32. The Kier molecular flexibility index (Phi) is 3.68. The van der Waals surface area contributed by atoms with Gasteiger partial charge in [-0.25, -0.2) is 0 Å². The first-order valence-corrected chi connectivity index (χ1v) is 6.60. The number of hydrogen-bond donors (Lipinski definition) is 1. The van der Waals surface area contributed by atoms with Gasteiger partial charge in [-0.1, -0.05) is 13.8 Å². The van der Waals surface area contributed by atoms with E-state index in [0.29, 0.717) is 0 Å². The molecule has 0 radical (unpaired) electrons. The third-order valence-electron chi connectivity index (χ3n) is 3.77. The van der Waals surface area contributed by atoms with E-state index in [1.54, 1.807) is 0 Å². The van der Waals surface area contributed by atoms with Crippen LogP contribution < -0.4 is 5.32 Å². The van der Waals surface area contributed by atoms with E-state index in [-0.39, 0.29) is 0 Å². The lowest BCUT2D eigenvalue weighted by molar-refractivity contribution is 0.180. The zero-order valence-electron chi connectivity index (χ0n) is 10.5. The highest BCUT2D eigenvalue weighted by molar-refractivity contribution is 4.86. The van der Waals surface area contributed by atoms with Crippen LogP contribution in [0.25, 0.3) is 0 Å². The lowest BCUT2D eigenvalue weighted by atomic mass is 10.0. The first-order valence-electron chi connectivity index (χ1n) is 6.60. The topological polar surface area (TPSA) is 15.3 Å². The second kappa shape index (κ2) is 4.84. The van der Waals surface area contributed by atoms with Crippen LogP contribution in [0, 0.1) is 11.8 Å². The molecule has 0 aromatic rings. The summed E-state index contributed by atoms with van der Waals surface area (Å²) in [5, 5.41) is 3.67. The summed E-state index contributed by atoms with van der Waals surface area (Å²) in [5.41, 5.74) is 0. The molecule has 15 heavy (non-hydrogen) atoms. The largest absolute Gasteiger partial charge is 0.312 e. The molecule has 0 saturated heterocycles. The van der Waals surface area contributed by atoms with Crippen molar-refractivity contribution in [3.63, 3.8) is 0 Å². The van der Waals surface area contributed by atoms with E-state index in [1.807, 2.05) is 0 Å². The normalized spacial score (nSPS) is 23.8. The molecule has 2 fully saturated rings. The Labute approximate surface area is 94.4 Å². The minimum Gasteiger partial charge on any atom is -0.312 e. The third kappa shape index (κ3) is 3.76. The van der Waals surface area contributed by atoms with Crippen molar-refractivity contribution in [3.05, 3.63) is 0 Å². The van der Waals surface area contributed by atoms with Crippen LogP contribution in [-0.4, -0.2) is 37.1 Å². The molecule has 0 heterocycles. The average molecular weight is 210 g/mol. The molecular formula is C13H26N2. The predicted octanol–water partition coefficient (Wildman–Crippen LogP) is 2.10. The summed E-state index contributed by atoms with van der Waals surface area (Å²) in [6.07, 6.45) is 5.73. The molecule has 1 N–H and O–H groups in total. The number of nitrogens with zero attached hydrogens (tertiary/aromatic N) is 1. The van der Waals surface area contributed by atoms with Gasteiger partial charge in [-0.2, -0.15) is 0 Å². The Hall–Kier alpha value is -0.0800. The van der Waals surface area contributed by atoms with E-state index < -0.39 is 0 Å². The molecule has 2 nitrogen and oxygen atoms in total. The summed E-state index contributed by atoms with van der Waals surface area (Å²) in [5.74, 6) is 1.78. The third-order valence-corrected chi connectivity index (χ3v) is 3.77. The number of likely N-dealkylation sites (N-methyl/N-ethyl adjacent to an activating group) is 1. The maximum absolute atomic E-state index is 3.67. The zero-order chi connectivity index (χ0) is 10.8. The Balaban J connectivity index is 1.73. The molecule has 2 aliphatic carbocycles. The molecule has 2 heteroatoms. The molecular weight excluding hydrogens is 184 g/mol. The fourth-order valence-corrected chi connectivity index (χ4v) is 2.32. The lowest BCUT2D eigenvalue weighted by Crippen LogP contribution is -2.44. The molecule has 2 saturated carbocycles. The number of rotatable bonds is 7. The maximum Gasteiger partial charge on any atom is 0.0240 e. The van der Waals surface area contributed by atoms with Gasteiger partial charge >= 0.3 is 0 Å². The Morgan fingerprint density at radius 3 is 2.33 bits per heavy atom. The molecule has 0 aliphatic heterocycles.